The molecular formula is C15H24N4O3. The van der Waals surface area contributed by atoms with Gasteiger partial charge in [0, 0.05) is 6.04 Å². The van der Waals surface area contributed by atoms with Crippen LogP contribution in [0, 0.1) is 17.0 Å². The Bertz CT molecular complexity index is 516. The highest BCUT2D eigenvalue weighted by Crippen LogP contribution is 2.33. The molecule has 22 heavy (non-hydrogen) atoms. The van der Waals surface area contributed by atoms with E-state index in [9.17, 15) is 10.1 Å². The fraction of sp³-hybridized carbons (Fsp3) is 0.733. The number of hydrogen-bond donors (Lipinski definition) is 1. The lowest BCUT2D eigenvalue weighted by molar-refractivity contribution is -0.385. The van der Waals surface area contributed by atoms with E-state index in [-0.39, 0.29) is 23.4 Å². The molecule has 7 heteroatoms. The molecule has 2 rings (SSSR count). The van der Waals surface area contributed by atoms with Crippen LogP contribution in [0.25, 0.3) is 0 Å². The van der Waals surface area contributed by atoms with Crippen LogP contribution in [0.15, 0.2) is 0 Å². The number of aryl methyl sites for hydroxylation is 1. The summed E-state index contributed by atoms with van der Waals surface area (Å²) in [5.74, 6) is 0.843. The third-order valence-corrected chi connectivity index (χ3v) is 3.83. The van der Waals surface area contributed by atoms with E-state index >= 15 is 0 Å². The van der Waals surface area contributed by atoms with Gasteiger partial charge in [-0.1, -0.05) is 32.6 Å². The summed E-state index contributed by atoms with van der Waals surface area (Å²) in [7, 11) is 0. The Morgan fingerprint density at radius 2 is 2.05 bits per heavy atom. The largest absolute Gasteiger partial charge is 0.473 e. The van der Waals surface area contributed by atoms with Crippen molar-refractivity contribution in [3.63, 3.8) is 0 Å². The molecule has 0 radical (unpaired) electrons. The number of unbranched alkanes of at least 4 members (excludes halogenated alkanes) is 1. The van der Waals surface area contributed by atoms with Crippen molar-refractivity contribution in [1.29, 1.82) is 0 Å². The highest BCUT2D eigenvalue weighted by molar-refractivity contribution is 5.62. The highest BCUT2D eigenvalue weighted by Gasteiger charge is 2.27. The first kappa shape index (κ1) is 16.5. The van der Waals surface area contributed by atoms with Gasteiger partial charge >= 0.3 is 5.69 Å². The molecule has 1 N–H and O–H groups in total. The van der Waals surface area contributed by atoms with Crippen LogP contribution in [0.2, 0.25) is 0 Å². The minimum absolute atomic E-state index is 0.0734. The summed E-state index contributed by atoms with van der Waals surface area (Å²) in [6.07, 6.45) is 7.37. The van der Waals surface area contributed by atoms with Crippen molar-refractivity contribution in [3.05, 3.63) is 15.9 Å². The molecule has 0 spiro atoms. The Labute approximate surface area is 130 Å². The minimum atomic E-state index is -0.453. The molecule has 1 fully saturated rings. The summed E-state index contributed by atoms with van der Waals surface area (Å²) in [4.78, 5) is 19.3. The second-order valence-electron chi connectivity index (χ2n) is 5.71. The van der Waals surface area contributed by atoms with Crippen LogP contribution in [-0.2, 0) is 0 Å². The maximum absolute atomic E-state index is 11.4. The Balaban J connectivity index is 2.23. The van der Waals surface area contributed by atoms with Crippen molar-refractivity contribution in [2.75, 3.05) is 11.9 Å². The van der Waals surface area contributed by atoms with E-state index in [0.717, 1.165) is 38.5 Å². The molecule has 7 nitrogen and oxygen atoms in total. The zero-order valence-electron chi connectivity index (χ0n) is 13.3. The van der Waals surface area contributed by atoms with Gasteiger partial charge in [-0.05, 0) is 26.2 Å². The van der Waals surface area contributed by atoms with Crippen LogP contribution in [-0.4, -0.2) is 27.5 Å². The average molecular weight is 308 g/mol. The van der Waals surface area contributed by atoms with Gasteiger partial charge < -0.3 is 10.1 Å². The molecule has 1 aliphatic rings. The smallest absolute Gasteiger partial charge is 0.372 e. The van der Waals surface area contributed by atoms with Crippen LogP contribution >= 0.6 is 0 Å². The fourth-order valence-electron chi connectivity index (χ4n) is 2.66. The molecule has 0 amide bonds. The van der Waals surface area contributed by atoms with Gasteiger partial charge in [-0.3, -0.25) is 10.1 Å². The molecule has 0 unspecified atom stereocenters. The lowest BCUT2D eigenvalue weighted by Crippen LogP contribution is -2.24. The summed E-state index contributed by atoms with van der Waals surface area (Å²) in [5.41, 5.74) is -0.146. The van der Waals surface area contributed by atoms with Gasteiger partial charge in [0.05, 0.1) is 11.5 Å². The van der Waals surface area contributed by atoms with Gasteiger partial charge in [0.2, 0.25) is 5.82 Å². The number of nitrogens with one attached hydrogen (secondary N) is 1. The van der Waals surface area contributed by atoms with Crippen molar-refractivity contribution in [3.8, 4) is 5.88 Å². The second-order valence-corrected chi connectivity index (χ2v) is 5.71. The molecule has 0 bridgehead atoms. The molecule has 0 aliphatic heterocycles. The summed E-state index contributed by atoms with van der Waals surface area (Å²) in [6, 6.07) is 0.241. The number of rotatable bonds is 7. The van der Waals surface area contributed by atoms with Crippen molar-refractivity contribution in [2.24, 2.45) is 0 Å². The number of hydrogen-bond acceptors (Lipinski definition) is 6. The highest BCUT2D eigenvalue weighted by atomic mass is 16.6. The van der Waals surface area contributed by atoms with Gasteiger partial charge in [0.25, 0.3) is 5.88 Å². The number of nitro groups is 1. The summed E-state index contributed by atoms with van der Waals surface area (Å²) < 4.78 is 5.52. The van der Waals surface area contributed by atoms with E-state index in [1.165, 1.54) is 6.42 Å². The normalized spacial score (nSPS) is 15.5. The van der Waals surface area contributed by atoms with Gasteiger partial charge in [-0.15, -0.1) is 0 Å². The van der Waals surface area contributed by atoms with Crippen LogP contribution in [0.1, 0.15) is 57.7 Å². The fourth-order valence-corrected chi connectivity index (χ4v) is 2.66. The number of ether oxygens (including phenoxy) is 1. The average Bonchev–Trinajstić information content (AvgIpc) is 2.47. The first-order valence-corrected chi connectivity index (χ1v) is 8.04. The third-order valence-electron chi connectivity index (χ3n) is 3.83. The second kappa shape index (κ2) is 7.91. The zero-order valence-corrected chi connectivity index (χ0v) is 13.3. The summed E-state index contributed by atoms with van der Waals surface area (Å²) in [6.45, 7) is 4.19. The Kier molecular flexibility index (Phi) is 5.91. The molecule has 1 aromatic rings. The van der Waals surface area contributed by atoms with Crippen molar-refractivity contribution in [1.82, 2.24) is 9.97 Å². The molecule has 122 valence electrons. The van der Waals surface area contributed by atoms with Crippen molar-refractivity contribution < 1.29 is 9.66 Å². The monoisotopic (exact) mass is 308 g/mol. The van der Waals surface area contributed by atoms with E-state index in [1.54, 1.807) is 6.92 Å². The molecule has 1 aromatic heterocycles. The topological polar surface area (TPSA) is 90.2 Å². The Morgan fingerprint density at radius 1 is 1.32 bits per heavy atom. The van der Waals surface area contributed by atoms with Crippen molar-refractivity contribution >= 4 is 11.5 Å². The quantitative estimate of drug-likeness (QED) is 0.470. The van der Waals surface area contributed by atoms with Crippen LogP contribution in [0.4, 0.5) is 11.5 Å². The third kappa shape index (κ3) is 4.29. The summed E-state index contributed by atoms with van der Waals surface area (Å²) in [5, 5.41) is 14.7. The molecule has 0 atom stereocenters. The summed E-state index contributed by atoms with van der Waals surface area (Å²) >= 11 is 0. The first-order valence-electron chi connectivity index (χ1n) is 8.04. The first-order chi connectivity index (χ1) is 10.6. The zero-order chi connectivity index (χ0) is 15.9. The molecule has 0 aromatic carbocycles. The van der Waals surface area contributed by atoms with E-state index in [2.05, 4.69) is 15.3 Å². The minimum Gasteiger partial charge on any atom is -0.473 e. The van der Waals surface area contributed by atoms with Gasteiger partial charge in [0.15, 0.2) is 0 Å². The lowest BCUT2D eigenvalue weighted by atomic mass is 9.95. The standard InChI is InChI=1S/C15H24N4O3/c1-3-4-10-22-15-13(19(20)21)14(16-11(2)17-15)18-12-8-6-5-7-9-12/h12H,3-10H2,1-2H3,(H,16,17,18). The maximum atomic E-state index is 11.4. The SMILES string of the molecule is CCCCOc1nc(C)nc(NC2CCCCC2)c1[N+](=O)[O-]. The lowest BCUT2D eigenvalue weighted by Gasteiger charge is -2.23. The predicted molar refractivity (Wildman–Crippen MR) is 84.3 cm³/mol. The van der Waals surface area contributed by atoms with E-state index in [1.807, 2.05) is 6.92 Å². The number of anilines is 1. The Hall–Kier alpha value is -1.92. The van der Waals surface area contributed by atoms with E-state index < -0.39 is 4.92 Å². The van der Waals surface area contributed by atoms with E-state index in [0.29, 0.717) is 12.4 Å². The molecule has 1 aliphatic carbocycles. The predicted octanol–water partition coefficient (Wildman–Crippen LogP) is 3.62. The molecule has 1 saturated carbocycles. The van der Waals surface area contributed by atoms with Gasteiger partial charge in [-0.2, -0.15) is 4.98 Å². The van der Waals surface area contributed by atoms with Crippen LogP contribution in [0.5, 0.6) is 5.88 Å². The van der Waals surface area contributed by atoms with E-state index in [4.69, 9.17) is 4.74 Å². The maximum Gasteiger partial charge on any atom is 0.372 e. The molecular weight excluding hydrogens is 284 g/mol. The van der Waals surface area contributed by atoms with Crippen LogP contribution in [0.3, 0.4) is 0 Å². The van der Waals surface area contributed by atoms with Gasteiger partial charge in [-0.25, -0.2) is 4.98 Å². The molecule has 1 heterocycles. The van der Waals surface area contributed by atoms with Gasteiger partial charge in [0.1, 0.15) is 5.82 Å². The van der Waals surface area contributed by atoms with Crippen molar-refractivity contribution in [2.45, 2.75) is 64.8 Å². The Morgan fingerprint density at radius 3 is 2.68 bits per heavy atom. The molecule has 0 saturated heterocycles. The number of aromatic nitrogens is 2. The van der Waals surface area contributed by atoms with Crippen LogP contribution < -0.4 is 10.1 Å². The number of nitrogens with zero attached hydrogens (tertiary/aromatic N) is 3.